The van der Waals surface area contributed by atoms with E-state index in [0.29, 0.717) is 0 Å². The molecule has 0 atom stereocenters. The Kier molecular flexibility index (Phi) is 3.23. The van der Waals surface area contributed by atoms with Crippen LogP contribution in [0, 0.1) is 5.82 Å². The Bertz CT molecular complexity index is 637. The number of hydrogen-bond donors (Lipinski definition) is 1. The van der Waals surface area contributed by atoms with Crippen LogP contribution in [0.1, 0.15) is 10.5 Å². The Balaban J connectivity index is 2.35. The second-order valence-electron chi connectivity index (χ2n) is 3.74. The molecule has 1 N–H and O–H groups in total. The Morgan fingerprint density at radius 1 is 1.17 bits per heavy atom. The van der Waals surface area contributed by atoms with Gasteiger partial charge in [0.1, 0.15) is 11.5 Å². The van der Waals surface area contributed by atoms with Gasteiger partial charge in [0.2, 0.25) is 5.56 Å². The molecule has 92 valence electrons. The zero-order valence-corrected chi connectivity index (χ0v) is 9.68. The van der Waals surface area contributed by atoms with Crippen molar-refractivity contribution in [1.29, 1.82) is 0 Å². The fraction of sp³-hybridized carbons (Fsp3) is 0.0769. The summed E-state index contributed by atoms with van der Waals surface area (Å²) in [5, 5.41) is 0. The maximum absolute atomic E-state index is 13.5. The van der Waals surface area contributed by atoms with Crippen LogP contribution in [0.25, 0.3) is 0 Å². The summed E-state index contributed by atoms with van der Waals surface area (Å²) < 4.78 is 13.5. The van der Waals surface area contributed by atoms with Gasteiger partial charge in [-0.05, 0) is 18.2 Å². The molecule has 1 heterocycles. The number of benzene rings is 1. The summed E-state index contributed by atoms with van der Waals surface area (Å²) in [7, 11) is 1.45. The summed E-state index contributed by atoms with van der Waals surface area (Å²) in [6.07, 6.45) is 0. The maximum atomic E-state index is 13.5. The molecule has 0 unspecified atom stereocenters. The van der Waals surface area contributed by atoms with Crippen LogP contribution in [0.2, 0.25) is 0 Å². The van der Waals surface area contributed by atoms with Gasteiger partial charge < -0.3 is 9.88 Å². The van der Waals surface area contributed by atoms with Gasteiger partial charge in [0, 0.05) is 13.1 Å². The van der Waals surface area contributed by atoms with E-state index in [1.165, 1.54) is 37.4 Å². The second-order valence-corrected chi connectivity index (χ2v) is 3.74. The van der Waals surface area contributed by atoms with E-state index in [9.17, 15) is 14.0 Å². The largest absolute Gasteiger partial charge is 0.318 e. The van der Waals surface area contributed by atoms with E-state index in [1.54, 1.807) is 12.1 Å². The predicted molar refractivity (Wildman–Crippen MR) is 66.2 cm³/mol. The molecule has 1 aromatic carbocycles. The number of anilines is 1. The van der Waals surface area contributed by atoms with E-state index in [4.69, 9.17) is 0 Å². The van der Waals surface area contributed by atoms with Crippen LogP contribution in [0.15, 0.2) is 47.3 Å². The van der Waals surface area contributed by atoms with Crippen molar-refractivity contribution < 1.29 is 9.18 Å². The quantitative estimate of drug-likeness (QED) is 0.878. The van der Waals surface area contributed by atoms with Crippen molar-refractivity contribution in [3.8, 4) is 0 Å². The normalized spacial score (nSPS) is 10.1. The lowest BCUT2D eigenvalue weighted by atomic mass is 10.2. The molecule has 2 aromatic rings. The lowest BCUT2D eigenvalue weighted by Crippen LogP contribution is -2.29. The van der Waals surface area contributed by atoms with E-state index < -0.39 is 11.7 Å². The third-order valence-corrected chi connectivity index (χ3v) is 2.52. The molecule has 0 saturated carbocycles. The number of halogens is 1. The maximum Gasteiger partial charge on any atom is 0.274 e. The first-order valence-corrected chi connectivity index (χ1v) is 5.31. The number of para-hydroxylation sites is 1. The molecule has 2 rings (SSSR count). The second kappa shape index (κ2) is 4.83. The Morgan fingerprint density at radius 3 is 2.56 bits per heavy atom. The average Bonchev–Trinajstić information content (AvgIpc) is 2.37. The monoisotopic (exact) mass is 246 g/mol. The molecule has 1 aromatic heterocycles. The average molecular weight is 246 g/mol. The number of aromatic nitrogens is 1. The molecule has 0 bridgehead atoms. The van der Waals surface area contributed by atoms with Gasteiger partial charge in [0.05, 0.1) is 5.69 Å². The van der Waals surface area contributed by atoms with Gasteiger partial charge in [-0.3, -0.25) is 9.59 Å². The van der Waals surface area contributed by atoms with Crippen molar-refractivity contribution in [1.82, 2.24) is 4.98 Å². The molecule has 1 amide bonds. The van der Waals surface area contributed by atoms with Gasteiger partial charge in [-0.1, -0.05) is 18.2 Å². The highest BCUT2D eigenvalue weighted by atomic mass is 19.1. The van der Waals surface area contributed by atoms with Gasteiger partial charge in [0.15, 0.2) is 0 Å². The first-order valence-electron chi connectivity index (χ1n) is 5.31. The number of nitrogens with one attached hydrogen (secondary N) is 1. The fourth-order valence-corrected chi connectivity index (χ4v) is 1.59. The third kappa shape index (κ3) is 2.29. The standard InChI is InChI=1S/C13H11FN2O2/c1-16(11-7-3-2-5-9(11)14)13(18)10-6-4-8-12(17)15-10/h2-8H,1H3,(H,15,17). The Labute approximate surface area is 103 Å². The van der Waals surface area contributed by atoms with Gasteiger partial charge in [-0.25, -0.2) is 4.39 Å². The first kappa shape index (κ1) is 12.0. The van der Waals surface area contributed by atoms with Gasteiger partial charge in [0.25, 0.3) is 5.91 Å². The summed E-state index contributed by atoms with van der Waals surface area (Å²) in [5.74, 6) is -0.968. The summed E-state index contributed by atoms with van der Waals surface area (Å²) in [6, 6.07) is 10.2. The van der Waals surface area contributed by atoms with Crippen molar-refractivity contribution in [3.63, 3.8) is 0 Å². The smallest absolute Gasteiger partial charge is 0.274 e. The molecule has 0 fully saturated rings. The fourth-order valence-electron chi connectivity index (χ4n) is 1.59. The van der Waals surface area contributed by atoms with Crippen LogP contribution in [0.4, 0.5) is 10.1 Å². The highest BCUT2D eigenvalue weighted by Crippen LogP contribution is 2.18. The topological polar surface area (TPSA) is 53.2 Å². The first-order chi connectivity index (χ1) is 8.59. The summed E-state index contributed by atoms with van der Waals surface area (Å²) >= 11 is 0. The summed E-state index contributed by atoms with van der Waals surface area (Å²) in [4.78, 5) is 26.7. The van der Waals surface area contributed by atoms with Crippen LogP contribution in [0.5, 0.6) is 0 Å². The van der Waals surface area contributed by atoms with E-state index >= 15 is 0 Å². The minimum Gasteiger partial charge on any atom is -0.318 e. The lowest BCUT2D eigenvalue weighted by Gasteiger charge is -2.17. The molecule has 0 aliphatic rings. The van der Waals surface area contributed by atoms with Crippen molar-refractivity contribution in [2.24, 2.45) is 0 Å². The van der Waals surface area contributed by atoms with E-state index in [2.05, 4.69) is 4.98 Å². The molecule has 0 saturated heterocycles. The summed E-state index contributed by atoms with van der Waals surface area (Å²) in [6.45, 7) is 0. The number of amides is 1. The molecule has 5 heteroatoms. The number of hydrogen-bond acceptors (Lipinski definition) is 2. The molecule has 0 radical (unpaired) electrons. The van der Waals surface area contributed by atoms with E-state index in [-0.39, 0.29) is 16.9 Å². The number of carbonyl (C=O) groups excluding carboxylic acids is 1. The van der Waals surface area contributed by atoms with Crippen LogP contribution in [0.3, 0.4) is 0 Å². The van der Waals surface area contributed by atoms with Crippen molar-refractivity contribution in [3.05, 3.63) is 64.3 Å². The minimum atomic E-state index is -0.494. The predicted octanol–water partition coefficient (Wildman–Crippen LogP) is 1.79. The van der Waals surface area contributed by atoms with Crippen molar-refractivity contribution in [2.75, 3.05) is 11.9 Å². The molecule has 4 nitrogen and oxygen atoms in total. The van der Waals surface area contributed by atoms with E-state index in [0.717, 1.165) is 4.90 Å². The molecule has 18 heavy (non-hydrogen) atoms. The van der Waals surface area contributed by atoms with Gasteiger partial charge in [-0.2, -0.15) is 0 Å². The zero-order valence-electron chi connectivity index (χ0n) is 9.68. The molecular weight excluding hydrogens is 235 g/mol. The van der Waals surface area contributed by atoms with Crippen molar-refractivity contribution in [2.45, 2.75) is 0 Å². The van der Waals surface area contributed by atoms with Crippen LogP contribution in [-0.2, 0) is 0 Å². The number of H-pyrrole nitrogens is 1. The zero-order chi connectivity index (χ0) is 13.1. The van der Waals surface area contributed by atoms with Crippen molar-refractivity contribution >= 4 is 11.6 Å². The van der Waals surface area contributed by atoms with Gasteiger partial charge in [-0.15, -0.1) is 0 Å². The SMILES string of the molecule is CN(C(=O)c1cccc(=O)[nH]1)c1ccccc1F. The number of pyridine rings is 1. The van der Waals surface area contributed by atoms with Crippen LogP contribution in [-0.4, -0.2) is 17.9 Å². The number of carbonyl (C=O) groups is 1. The number of rotatable bonds is 2. The number of nitrogens with zero attached hydrogens (tertiary/aromatic N) is 1. The third-order valence-electron chi connectivity index (χ3n) is 2.52. The van der Waals surface area contributed by atoms with Crippen LogP contribution < -0.4 is 10.5 Å². The molecule has 0 aliphatic carbocycles. The Morgan fingerprint density at radius 2 is 1.89 bits per heavy atom. The van der Waals surface area contributed by atoms with Crippen LogP contribution >= 0.6 is 0 Å². The van der Waals surface area contributed by atoms with Gasteiger partial charge >= 0.3 is 0 Å². The van der Waals surface area contributed by atoms with E-state index in [1.807, 2.05) is 0 Å². The Hall–Kier alpha value is -2.43. The molecular formula is C13H11FN2O2. The molecule has 0 aliphatic heterocycles. The highest BCUT2D eigenvalue weighted by molar-refractivity contribution is 6.04. The molecule has 0 spiro atoms. The summed E-state index contributed by atoms with van der Waals surface area (Å²) in [5.41, 5.74) is -0.0942. The lowest BCUT2D eigenvalue weighted by molar-refractivity contribution is 0.0987. The highest BCUT2D eigenvalue weighted by Gasteiger charge is 2.16. The number of aromatic amines is 1. The minimum absolute atomic E-state index is 0.119.